The van der Waals surface area contributed by atoms with E-state index in [0.717, 1.165) is 25.7 Å². The standard InChI is InChI=1S/C13H14Br2FNO/c14-8-13(6-1-2-7-13)17-12(18)11-9(15)4-3-5-10(11)16/h3-5H,1-2,6-8H2,(H,17,18). The van der Waals surface area contributed by atoms with Crippen LogP contribution in [0.1, 0.15) is 36.0 Å². The Hall–Kier alpha value is -0.420. The summed E-state index contributed by atoms with van der Waals surface area (Å²) in [5.41, 5.74) is -0.136. The lowest BCUT2D eigenvalue weighted by Gasteiger charge is -2.28. The molecule has 1 N–H and O–H groups in total. The number of carbonyl (C=O) groups excluding carboxylic acids is 1. The van der Waals surface area contributed by atoms with E-state index >= 15 is 0 Å². The number of carbonyl (C=O) groups is 1. The Kier molecular flexibility index (Phi) is 4.43. The van der Waals surface area contributed by atoms with Gasteiger partial charge in [0.2, 0.25) is 0 Å². The van der Waals surface area contributed by atoms with Gasteiger partial charge in [-0.3, -0.25) is 4.79 Å². The predicted molar refractivity (Wildman–Crippen MR) is 76.6 cm³/mol. The molecule has 2 nitrogen and oxygen atoms in total. The summed E-state index contributed by atoms with van der Waals surface area (Å²) in [7, 11) is 0. The SMILES string of the molecule is O=C(NC1(CBr)CCCC1)c1c(F)cccc1Br. The van der Waals surface area contributed by atoms with Crippen molar-refractivity contribution in [1.82, 2.24) is 5.32 Å². The third kappa shape index (κ3) is 2.77. The van der Waals surface area contributed by atoms with Crippen LogP contribution in [0, 0.1) is 5.82 Å². The average Bonchev–Trinajstić information content (AvgIpc) is 2.78. The summed E-state index contributed by atoms with van der Waals surface area (Å²) in [5, 5.41) is 3.69. The molecule has 0 unspecified atom stereocenters. The highest BCUT2D eigenvalue weighted by molar-refractivity contribution is 9.10. The average molecular weight is 379 g/mol. The number of hydrogen-bond acceptors (Lipinski definition) is 1. The second-order valence-corrected chi connectivity index (χ2v) is 6.09. The minimum atomic E-state index is -0.496. The molecule has 1 aromatic rings. The summed E-state index contributed by atoms with van der Waals surface area (Å²) in [6.07, 6.45) is 4.08. The van der Waals surface area contributed by atoms with Crippen LogP contribution in [0.25, 0.3) is 0 Å². The largest absolute Gasteiger partial charge is 0.346 e. The zero-order valence-electron chi connectivity index (χ0n) is 9.81. The van der Waals surface area contributed by atoms with Crippen molar-refractivity contribution in [3.8, 4) is 0 Å². The molecule has 0 radical (unpaired) electrons. The Morgan fingerprint density at radius 1 is 1.39 bits per heavy atom. The van der Waals surface area contributed by atoms with E-state index < -0.39 is 5.82 Å². The van der Waals surface area contributed by atoms with Crippen LogP contribution in [0.4, 0.5) is 4.39 Å². The fourth-order valence-corrected chi connectivity index (χ4v) is 3.58. The minimum absolute atomic E-state index is 0.0877. The topological polar surface area (TPSA) is 29.1 Å². The van der Waals surface area contributed by atoms with Crippen molar-refractivity contribution in [2.75, 3.05) is 5.33 Å². The van der Waals surface area contributed by atoms with Gasteiger partial charge in [0.25, 0.3) is 5.91 Å². The van der Waals surface area contributed by atoms with Crippen LogP contribution in [0.15, 0.2) is 22.7 Å². The monoisotopic (exact) mass is 377 g/mol. The molecular weight excluding hydrogens is 365 g/mol. The molecule has 18 heavy (non-hydrogen) atoms. The van der Waals surface area contributed by atoms with Crippen LogP contribution in [0.2, 0.25) is 0 Å². The summed E-state index contributed by atoms with van der Waals surface area (Å²) in [4.78, 5) is 12.2. The first-order valence-electron chi connectivity index (χ1n) is 5.90. The molecule has 0 bridgehead atoms. The van der Waals surface area contributed by atoms with Gasteiger partial charge in [-0.15, -0.1) is 0 Å². The number of benzene rings is 1. The number of amides is 1. The molecular formula is C13H14Br2FNO. The Labute approximate surface area is 123 Å². The summed E-state index contributed by atoms with van der Waals surface area (Å²) in [5.74, 6) is -0.842. The Morgan fingerprint density at radius 2 is 2.06 bits per heavy atom. The van der Waals surface area contributed by atoms with Crippen molar-refractivity contribution < 1.29 is 9.18 Å². The van der Waals surface area contributed by atoms with Gasteiger partial charge < -0.3 is 5.32 Å². The van der Waals surface area contributed by atoms with Gasteiger partial charge in [-0.25, -0.2) is 4.39 Å². The second-order valence-electron chi connectivity index (χ2n) is 4.67. The Morgan fingerprint density at radius 3 is 2.61 bits per heavy atom. The number of alkyl halides is 1. The fourth-order valence-electron chi connectivity index (χ4n) is 2.36. The molecule has 5 heteroatoms. The van der Waals surface area contributed by atoms with E-state index in [9.17, 15) is 9.18 Å². The maximum Gasteiger partial charge on any atom is 0.255 e. The molecule has 98 valence electrons. The van der Waals surface area contributed by atoms with E-state index in [2.05, 4.69) is 37.2 Å². The number of rotatable bonds is 3. The van der Waals surface area contributed by atoms with Crippen molar-refractivity contribution in [2.24, 2.45) is 0 Å². The first-order valence-corrected chi connectivity index (χ1v) is 7.82. The molecule has 1 saturated carbocycles. The lowest BCUT2D eigenvalue weighted by atomic mass is 10.00. The van der Waals surface area contributed by atoms with E-state index in [4.69, 9.17) is 0 Å². The van der Waals surface area contributed by atoms with Crippen LogP contribution in [0.5, 0.6) is 0 Å². The summed E-state index contributed by atoms with van der Waals surface area (Å²) < 4.78 is 14.2. The van der Waals surface area contributed by atoms with Gasteiger partial charge >= 0.3 is 0 Å². The highest BCUT2D eigenvalue weighted by atomic mass is 79.9. The Balaban J connectivity index is 2.22. The molecule has 1 fully saturated rings. The normalized spacial score (nSPS) is 17.7. The summed E-state index contributed by atoms with van der Waals surface area (Å²) in [6, 6.07) is 4.55. The quantitative estimate of drug-likeness (QED) is 0.790. The maximum absolute atomic E-state index is 13.7. The maximum atomic E-state index is 13.7. The van der Waals surface area contributed by atoms with Crippen LogP contribution < -0.4 is 5.32 Å². The first kappa shape index (κ1) is 14.0. The van der Waals surface area contributed by atoms with Gasteiger partial charge in [0.15, 0.2) is 0 Å². The zero-order valence-corrected chi connectivity index (χ0v) is 13.0. The van der Waals surface area contributed by atoms with E-state index in [-0.39, 0.29) is 17.0 Å². The summed E-state index contributed by atoms with van der Waals surface area (Å²) in [6.45, 7) is 0. The van der Waals surface area contributed by atoms with Crippen LogP contribution in [0.3, 0.4) is 0 Å². The van der Waals surface area contributed by atoms with Crippen LogP contribution in [-0.4, -0.2) is 16.8 Å². The van der Waals surface area contributed by atoms with Crippen molar-refractivity contribution in [3.63, 3.8) is 0 Å². The van der Waals surface area contributed by atoms with E-state index in [1.807, 2.05) is 0 Å². The van der Waals surface area contributed by atoms with Crippen LogP contribution in [-0.2, 0) is 0 Å². The number of nitrogens with one attached hydrogen (secondary N) is 1. The Bertz CT molecular complexity index is 438. The van der Waals surface area contributed by atoms with E-state index in [1.165, 1.54) is 6.07 Å². The molecule has 1 aliphatic carbocycles. The molecule has 0 heterocycles. The molecule has 0 spiro atoms. The smallest absolute Gasteiger partial charge is 0.255 e. The molecule has 1 amide bonds. The third-order valence-corrected chi connectivity index (χ3v) is 5.12. The van der Waals surface area contributed by atoms with Crippen LogP contribution >= 0.6 is 31.9 Å². The molecule has 0 saturated heterocycles. The second kappa shape index (κ2) is 5.70. The van der Waals surface area contributed by atoms with Gasteiger partial charge in [-0.1, -0.05) is 34.8 Å². The van der Waals surface area contributed by atoms with Gasteiger partial charge in [0, 0.05) is 9.80 Å². The third-order valence-electron chi connectivity index (χ3n) is 3.38. The zero-order chi connectivity index (χ0) is 13.2. The summed E-state index contributed by atoms with van der Waals surface area (Å²) >= 11 is 6.68. The predicted octanol–water partition coefficient (Wildman–Crippen LogP) is 4.03. The van der Waals surface area contributed by atoms with E-state index in [0.29, 0.717) is 9.80 Å². The van der Waals surface area contributed by atoms with E-state index in [1.54, 1.807) is 12.1 Å². The molecule has 1 aliphatic rings. The number of hydrogen-bond donors (Lipinski definition) is 1. The molecule has 2 rings (SSSR count). The lowest BCUT2D eigenvalue weighted by molar-refractivity contribution is 0.0905. The first-order chi connectivity index (χ1) is 8.58. The van der Waals surface area contributed by atoms with Gasteiger partial charge in [-0.05, 0) is 40.9 Å². The van der Waals surface area contributed by atoms with Crippen molar-refractivity contribution in [3.05, 3.63) is 34.1 Å². The minimum Gasteiger partial charge on any atom is -0.346 e. The lowest BCUT2D eigenvalue weighted by Crippen LogP contribution is -2.48. The molecule has 0 aromatic heterocycles. The molecule has 0 aliphatic heterocycles. The fraction of sp³-hybridized carbons (Fsp3) is 0.462. The van der Waals surface area contributed by atoms with Crippen molar-refractivity contribution in [1.29, 1.82) is 0 Å². The van der Waals surface area contributed by atoms with Gasteiger partial charge in [0.1, 0.15) is 5.82 Å². The molecule has 0 atom stereocenters. The van der Waals surface area contributed by atoms with Gasteiger partial charge in [0.05, 0.1) is 11.1 Å². The number of halogens is 3. The molecule has 1 aromatic carbocycles. The van der Waals surface area contributed by atoms with Crippen molar-refractivity contribution >= 4 is 37.8 Å². The van der Waals surface area contributed by atoms with Gasteiger partial charge in [-0.2, -0.15) is 0 Å². The van der Waals surface area contributed by atoms with Crippen molar-refractivity contribution in [2.45, 2.75) is 31.2 Å². The highest BCUT2D eigenvalue weighted by Crippen LogP contribution is 2.32. The highest BCUT2D eigenvalue weighted by Gasteiger charge is 2.35.